The SMILES string of the molecule is Cc1cc(C)c(S(N)(=O)=O)cc1C(=O)N[C@@H](C)[C@H]1CCCN(C(=O)OC(C)(C)C)C1. The molecule has 168 valence electrons. The van der Waals surface area contributed by atoms with Crippen molar-refractivity contribution in [3.05, 3.63) is 28.8 Å². The standard InChI is InChI=1S/C21H33N3O5S/c1-13-10-14(2)18(30(22,27)28)11-17(13)19(25)23-15(3)16-8-7-9-24(12-16)20(26)29-21(4,5)6/h10-11,15-16H,7-9,12H2,1-6H3,(H,23,25)(H2,22,27,28)/t15-,16-/m0/s1. The quantitative estimate of drug-likeness (QED) is 0.748. The van der Waals surface area contributed by atoms with Gasteiger partial charge in [0.1, 0.15) is 5.60 Å². The van der Waals surface area contributed by atoms with Gasteiger partial charge in [0.05, 0.1) is 4.90 Å². The minimum absolute atomic E-state index is 0.0559. The van der Waals surface area contributed by atoms with Crippen molar-refractivity contribution in [3.63, 3.8) is 0 Å². The van der Waals surface area contributed by atoms with Crippen molar-refractivity contribution in [2.45, 2.75) is 70.9 Å². The summed E-state index contributed by atoms with van der Waals surface area (Å²) in [7, 11) is -3.93. The monoisotopic (exact) mass is 439 g/mol. The van der Waals surface area contributed by atoms with Crippen LogP contribution >= 0.6 is 0 Å². The summed E-state index contributed by atoms with van der Waals surface area (Å²) < 4.78 is 29.1. The van der Waals surface area contributed by atoms with Gasteiger partial charge in [-0.2, -0.15) is 0 Å². The van der Waals surface area contributed by atoms with Gasteiger partial charge in [-0.25, -0.2) is 18.4 Å². The molecule has 1 aliphatic heterocycles. The summed E-state index contributed by atoms with van der Waals surface area (Å²) >= 11 is 0. The van der Waals surface area contributed by atoms with Gasteiger partial charge in [0.25, 0.3) is 5.91 Å². The maximum Gasteiger partial charge on any atom is 0.410 e. The molecule has 30 heavy (non-hydrogen) atoms. The zero-order valence-corrected chi connectivity index (χ0v) is 19.4. The Kier molecular flexibility index (Phi) is 7.19. The van der Waals surface area contributed by atoms with Gasteiger partial charge in [0.2, 0.25) is 10.0 Å². The van der Waals surface area contributed by atoms with Gasteiger partial charge >= 0.3 is 6.09 Å². The molecule has 1 heterocycles. The first kappa shape index (κ1) is 24.1. The number of nitrogens with zero attached hydrogens (tertiary/aromatic N) is 1. The van der Waals surface area contributed by atoms with Crippen LogP contribution in [0.15, 0.2) is 17.0 Å². The fourth-order valence-electron chi connectivity index (χ4n) is 3.70. The summed E-state index contributed by atoms with van der Waals surface area (Å²) in [6, 6.07) is 2.77. The highest BCUT2D eigenvalue weighted by Gasteiger charge is 2.31. The fourth-order valence-corrected chi connectivity index (χ4v) is 4.49. The Morgan fingerprint density at radius 1 is 1.23 bits per heavy atom. The molecular formula is C21H33N3O5S. The number of piperidine rings is 1. The minimum atomic E-state index is -3.93. The van der Waals surface area contributed by atoms with Crippen molar-refractivity contribution in [2.24, 2.45) is 11.1 Å². The first-order valence-electron chi connectivity index (χ1n) is 10.1. The second kappa shape index (κ2) is 8.93. The van der Waals surface area contributed by atoms with E-state index in [1.165, 1.54) is 6.07 Å². The summed E-state index contributed by atoms with van der Waals surface area (Å²) in [5.74, 6) is -0.294. The lowest BCUT2D eigenvalue weighted by atomic mass is 9.91. The van der Waals surface area contributed by atoms with Gasteiger partial charge in [-0.15, -0.1) is 0 Å². The number of carbonyl (C=O) groups excluding carboxylic acids is 2. The van der Waals surface area contributed by atoms with Gasteiger partial charge in [0, 0.05) is 24.7 Å². The van der Waals surface area contributed by atoms with E-state index in [4.69, 9.17) is 9.88 Å². The highest BCUT2D eigenvalue weighted by molar-refractivity contribution is 7.89. The largest absolute Gasteiger partial charge is 0.444 e. The number of rotatable bonds is 4. The summed E-state index contributed by atoms with van der Waals surface area (Å²) in [4.78, 5) is 26.9. The lowest BCUT2D eigenvalue weighted by molar-refractivity contribution is 0.0150. The number of likely N-dealkylation sites (tertiary alicyclic amines) is 1. The molecule has 2 amide bonds. The van der Waals surface area contributed by atoms with Gasteiger partial charge in [-0.3, -0.25) is 4.79 Å². The van der Waals surface area contributed by atoms with Crippen molar-refractivity contribution in [3.8, 4) is 0 Å². The molecule has 0 bridgehead atoms. The van der Waals surface area contributed by atoms with Gasteiger partial charge in [-0.05, 0) is 77.5 Å². The topological polar surface area (TPSA) is 119 Å². The number of hydrogen-bond acceptors (Lipinski definition) is 5. The third-order valence-corrected chi connectivity index (χ3v) is 6.30. The number of nitrogens with two attached hydrogens (primary N) is 1. The number of hydrogen-bond donors (Lipinski definition) is 2. The van der Waals surface area contributed by atoms with Gasteiger partial charge in [0.15, 0.2) is 0 Å². The van der Waals surface area contributed by atoms with Gasteiger partial charge in [-0.1, -0.05) is 6.07 Å². The van der Waals surface area contributed by atoms with Crippen LogP contribution in [0.2, 0.25) is 0 Å². The van der Waals surface area contributed by atoms with Crippen molar-refractivity contribution in [1.82, 2.24) is 10.2 Å². The van der Waals surface area contributed by atoms with E-state index in [0.29, 0.717) is 24.2 Å². The molecule has 9 heteroatoms. The first-order valence-corrected chi connectivity index (χ1v) is 11.7. The Labute approximate surface area is 179 Å². The second-order valence-electron chi connectivity index (χ2n) is 9.07. The fraction of sp³-hybridized carbons (Fsp3) is 0.619. The smallest absolute Gasteiger partial charge is 0.410 e. The van der Waals surface area contributed by atoms with Gasteiger partial charge < -0.3 is 15.0 Å². The molecule has 1 fully saturated rings. The molecule has 2 rings (SSSR count). The van der Waals surface area contributed by atoms with Crippen LogP contribution in [0, 0.1) is 19.8 Å². The van der Waals surface area contributed by atoms with Crippen molar-refractivity contribution in [2.75, 3.05) is 13.1 Å². The third-order valence-electron chi connectivity index (χ3n) is 5.25. The molecule has 1 saturated heterocycles. The summed E-state index contributed by atoms with van der Waals surface area (Å²) in [5, 5.41) is 8.23. The number of sulfonamides is 1. The first-order chi connectivity index (χ1) is 13.7. The lowest BCUT2D eigenvalue weighted by Crippen LogP contribution is -2.49. The summed E-state index contributed by atoms with van der Waals surface area (Å²) in [5.41, 5.74) is 0.883. The predicted molar refractivity (Wildman–Crippen MR) is 115 cm³/mol. The Hall–Kier alpha value is -2.13. The number of nitrogens with one attached hydrogen (secondary N) is 1. The molecule has 2 atom stereocenters. The maximum atomic E-state index is 12.9. The molecule has 1 aromatic rings. The zero-order chi connectivity index (χ0) is 22.9. The van der Waals surface area contributed by atoms with Crippen LogP contribution in [-0.4, -0.2) is 50.1 Å². The van der Waals surface area contributed by atoms with E-state index in [1.54, 1.807) is 24.8 Å². The Bertz CT molecular complexity index is 921. The highest BCUT2D eigenvalue weighted by atomic mass is 32.2. The van der Waals surface area contributed by atoms with Crippen LogP contribution in [0.5, 0.6) is 0 Å². The van der Waals surface area contributed by atoms with Crippen LogP contribution < -0.4 is 10.5 Å². The van der Waals surface area contributed by atoms with E-state index in [1.807, 2.05) is 27.7 Å². The lowest BCUT2D eigenvalue weighted by Gasteiger charge is -2.36. The average molecular weight is 440 g/mol. The van der Waals surface area contributed by atoms with E-state index in [2.05, 4.69) is 5.32 Å². The second-order valence-corrected chi connectivity index (χ2v) is 10.6. The molecule has 0 aromatic heterocycles. The number of benzene rings is 1. The molecule has 0 unspecified atom stereocenters. The van der Waals surface area contributed by atoms with Crippen LogP contribution in [-0.2, 0) is 14.8 Å². The normalized spacial score (nSPS) is 18.6. The van der Waals surface area contributed by atoms with Crippen LogP contribution in [0.4, 0.5) is 4.79 Å². The van der Waals surface area contributed by atoms with E-state index in [9.17, 15) is 18.0 Å². The third kappa shape index (κ3) is 6.18. The molecule has 8 nitrogen and oxygen atoms in total. The molecule has 3 N–H and O–H groups in total. The number of ether oxygens (including phenoxy) is 1. The highest BCUT2D eigenvalue weighted by Crippen LogP contribution is 2.23. The van der Waals surface area contributed by atoms with Crippen molar-refractivity contribution >= 4 is 22.0 Å². The minimum Gasteiger partial charge on any atom is -0.444 e. The average Bonchev–Trinajstić information content (AvgIpc) is 2.59. The number of amides is 2. The molecule has 1 aliphatic rings. The molecular weight excluding hydrogens is 406 g/mol. The predicted octanol–water partition coefficient (Wildman–Crippen LogP) is 2.72. The molecule has 0 saturated carbocycles. The number of carbonyl (C=O) groups is 2. The van der Waals surface area contributed by atoms with E-state index >= 15 is 0 Å². The number of primary sulfonamides is 1. The maximum absolute atomic E-state index is 12.9. The van der Waals surface area contributed by atoms with E-state index in [-0.39, 0.29) is 34.4 Å². The Balaban J connectivity index is 2.11. The van der Waals surface area contributed by atoms with Crippen LogP contribution in [0.1, 0.15) is 62.0 Å². The number of aryl methyl sites for hydroxylation is 2. The van der Waals surface area contributed by atoms with E-state index < -0.39 is 15.6 Å². The van der Waals surface area contributed by atoms with Crippen molar-refractivity contribution in [1.29, 1.82) is 0 Å². The molecule has 0 spiro atoms. The molecule has 0 aliphatic carbocycles. The summed E-state index contributed by atoms with van der Waals surface area (Å²) in [6.45, 7) is 11.9. The van der Waals surface area contributed by atoms with Crippen LogP contribution in [0.25, 0.3) is 0 Å². The van der Waals surface area contributed by atoms with Crippen LogP contribution in [0.3, 0.4) is 0 Å². The molecule has 1 aromatic carbocycles. The Morgan fingerprint density at radius 3 is 2.43 bits per heavy atom. The van der Waals surface area contributed by atoms with Crippen molar-refractivity contribution < 1.29 is 22.7 Å². The summed E-state index contributed by atoms with van der Waals surface area (Å²) in [6.07, 6.45) is 1.34. The Morgan fingerprint density at radius 2 is 1.87 bits per heavy atom. The van der Waals surface area contributed by atoms with E-state index in [0.717, 1.165) is 12.8 Å². The zero-order valence-electron chi connectivity index (χ0n) is 18.6. The molecule has 0 radical (unpaired) electrons.